The number of rotatable bonds is 5. The van der Waals surface area contributed by atoms with E-state index in [0.717, 1.165) is 0 Å². The van der Waals surface area contributed by atoms with Crippen LogP contribution in [0.4, 0.5) is 0 Å². The minimum atomic E-state index is -0.571. The van der Waals surface area contributed by atoms with Gasteiger partial charge in [0.25, 0.3) is 0 Å². The smallest absolute Gasteiger partial charge is 0.374 e. The number of furan rings is 2. The Morgan fingerprint density at radius 3 is 2.73 bits per heavy atom. The minimum Gasteiger partial charge on any atom is -0.463 e. The zero-order valence-electron chi connectivity index (χ0n) is 11.9. The Morgan fingerprint density at radius 2 is 2.09 bits per heavy atom. The van der Waals surface area contributed by atoms with Crippen LogP contribution in [-0.2, 0) is 20.9 Å². The van der Waals surface area contributed by atoms with Crippen LogP contribution < -0.4 is 0 Å². The van der Waals surface area contributed by atoms with Crippen LogP contribution in [0.15, 0.2) is 37.8 Å². The summed E-state index contributed by atoms with van der Waals surface area (Å²) in [7, 11) is 1.27. The summed E-state index contributed by atoms with van der Waals surface area (Å²) in [5.74, 6) is -0.143. The van der Waals surface area contributed by atoms with Crippen LogP contribution in [0.5, 0.6) is 0 Å². The fraction of sp³-hybridized carbons (Fsp3) is 0.200. The molecule has 2 rings (SSSR count). The maximum absolute atomic E-state index is 11.6. The number of carbonyl (C=O) groups excluding carboxylic acids is 2. The topological polar surface area (TPSA) is 78.9 Å². The second-order valence-corrected chi connectivity index (χ2v) is 5.08. The third-order valence-corrected chi connectivity index (χ3v) is 3.10. The Hall–Kier alpha value is -2.28. The van der Waals surface area contributed by atoms with Gasteiger partial charge >= 0.3 is 11.9 Å². The monoisotopic (exact) mass is 368 g/mol. The van der Waals surface area contributed by atoms with E-state index in [2.05, 4.69) is 20.7 Å². The summed E-state index contributed by atoms with van der Waals surface area (Å²) in [6, 6.07) is 5.03. The lowest BCUT2D eigenvalue weighted by molar-refractivity contribution is -0.139. The van der Waals surface area contributed by atoms with Gasteiger partial charge in [-0.1, -0.05) is 0 Å². The number of methoxy groups -OCH3 is 1. The standard InChI is InChI=1S/C15H13BrO6/c1-9-7-11(22-14(9)15(18)19-2)8-20-13(17)6-4-10-3-5-12(16)21-10/h3-7H,8H2,1-2H3/b6-4+. The van der Waals surface area contributed by atoms with E-state index in [0.29, 0.717) is 21.8 Å². The molecule has 22 heavy (non-hydrogen) atoms. The number of ether oxygens (including phenoxy) is 2. The van der Waals surface area contributed by atoms with Gasteiger partial charge in [-0.3, -0.25) is 0 Å². The van der Waals surface area contributed by atoms with E-state index in [9.17, 15) is 9.59 Å². The largest absolute Gasteiger partial charge is 0.463 e. The molecule has 0 unspecified atom stereocenters. The van der Waals surface area contributed by atoms with Crippen LogP contribution in [-0.4, -0.2) is 19.0 Å². The Bertz CT molecular complexity index is 709. The van der Waals surface area contributed by atoms with E-state index in [1.54, 1.807) is 25.1 Å². The summed E-state index contributed by atoms with van der Waals surface area (Å²) in [4.78, 5) is 23.0. The lowest BCUT2D eigenvalue weighted by Crippen LogP contribution is -2.01. The van der Waals surface area contributed by atoms with Crippen molar-refractivity contribution in [1.82, 2.24) is 0 Å². The van der Waals surface area contributed by atoms with E-state index >= 15 is 0 Å². The highest BCUT2D eigenvalue weighted by molar-refractivity contribution is 9.10. The van der Waals surface area contributed by atoms with E-state index in [1.165, 1.54) is 19.3 Å². The van der Waals surface area contributed by atoms with Crippen molar-refractivity contribution in [2.75, 3.05) is 7.11 Å². The van der Waals surface area contributed by atoms with E-state index < -0.39 is 11.9 Å². The van der Waals surface area contributed by atoms with Gasteiger partial charge in [-0.15, -0.1) is 0 Å². The molecule has 0 bridgehead atoms. The Kier molecular flexibility index (Phi) is 5.21. The van der Waals surface area contributed by atoms with Gasteiger partial charge in [0.2, 0.25) is 5.76 Å². The molecule has 0 radical (unpaired) electrons. The van der Waals surface area contributed by atoms with Crippen molar-refractivity contribution in [1.29, 1.82) is 0 Å². The van der Waals surface area contributed by atoms with Crippen molar-refractivity contribution in [3.63, 3.8) is 0 Å². The summed E-state index contributed by atoms with van der Waals surface area (Å²) >= 11 is 3.16. The highest BCUT2D eigenvalue weighted by Crippen LogP contribution is 2.17. The Morgan fingerprint density at radius 1 is 1.32 bits per heavy atom. The van der Waals surface area contributed by atoms with Crippen molar-refractivity contribution in [3.8, 4) is 0 Å². The highest BCUT2D eigenvalue weighted by atomic mass is 79.9. The predicted octanol–water partition coefficient (Wildman–Crippen LogP) is 3.49. The average Bonchev–Trinajstić information content (AvgIpc) is 3.08. The summed E-state index contributed by atoms with van der Waals surface area (Å²) < 4.78 is 20.7. The van der Waals surface area contributed by atoms with Crippen LogP contribution >= 0.6 is 15.9 Å². The number of halogens is 1. The molecule has 0 amide bonds. The van der Waals surface area contributed by atoms with Gasteiger partial charge in [0.05, 0.1) is 7.11 Å². The third-order valence-electron chi connectivity index (χ3n) is 2.67. The Labute approximate surface area is 134 Å². The molecule has 2 heterocycles. The van der Waals surface area contributed by atoms with Gasteiger partial charge in [0, 0.05) is 11.6 Å². The second kappa shape index (κ2) is 7.13. The van der Waals surface area contributed by atoms with Crippen molar-refractivity contribution in [3.05, 3.63) is 51.8 Å². The van der Waals surface area contributed by atoms with Gasteiger partial charge in [-0.2, -0.15) is 0 Å². The summed E-state index contributed by atoms with van der Waals surface area (Å²) in [5, 5.41) is 0. The third kappa shape index (κ3) is 4.11. The summed E-state index contributed by atoms with van der Waals surface area (Å²) in [6.07, 6.45) is 2.72. The fourth-order valence-corrected chi connectivity index (χ4v) is 1.99. The number of aryl methyl sites for hydroxylation is 1. The van der Waals surface area contributed by atoms with Crippen molar-refractivity contribution >= 4 is 33.9 Å². The molecule has 116 valence electrons. The summed E-state index contributed by atoms with van der Waals surface area (Å²) in [6.45, 7) is 1.62. The molecule has 0 fully saturated rings. The average molecular weight is 369 g/mol. The van der Waals surface area contributed by atoms with Crippen molar-refractivity contribution < 1.29 is 27.9 Å². The molecule has 0 saturated heterocycles. The van der Waals surface area contributed by atoms with Gasteiger partial charge in [-0.05, 0) is 47.1 Å². The first-order chi connectivity index (χ1) is 10.5. The minimum absolute atomic E-state index is 0.0805. The molecular formula is C15H13BrO6. The van der Waals surface area contributed by atoms with Crippen LogP contribution in [0.1, 0.15) is 27.6 Å². The molecule has 0 aliphatic carbocycles. The molecule has 0 atom stereocenters. The molecule has 7 heteroatoms. The number of hydrogen-bond donors (Lipinski definition) is 0. The molecule has 0 aliphatic heterocycles. The molecule has 0 N–H and O–H groups in total. The van der Waals surface area contributed by atoms with Crippen molar-refractivity contribution in [2.24, 2.45) is 0 Å². The Balaban J connectivity index is 1.91. The predicted molar refractivity (Wildman–Crippen MR) is 80.0 cm³/mol. The second-order valence-electron chi connectivity index (χ2n) is 4.30. The number of carbonyl (C=O) groups is 2. The van der Waals surface area contributed by atoms with Crippen LogP contribution in [0.25, 0.3) is 6.08 Å². The van der Waals surface area contributed by atoms with Gasteiger partial charge in [-0.25, -0.2) is 9.59 Å². The van der Waals surface area contributed by atoms with E-state index in [4.69, 9.17) is 13.6 Å². The van der Waals surface area contributed by atoms with Crippen LogP contribution in [0, 0.1) is 6.92 Å². The molecule has 0 saturated carbocycles. The summed E-state index contributed by atoms with van der Waals surface area (Å²) in [5.41, 5.74) is 0.619. The van der Waals surface area contributed by atoms with Gasteiger partial charge in [0.1, 0.15) is 18.1 Å². The lowest BCUT2D eigenvalue weighted by atomic mass is 10.2. The molecule has 0 aliphatic rings. The lowest BCUT2D eigenvalue weighted by Gasteiger charge is -1.98. The molecule has 0 spiro atoms. The SMILES string of the molecule is COC(=O)c1oc(COC(=O)/C=C/c2ccc(Br)o2)cc1C. The molecule has 0 aromatic carbocycles. The maximum Gasteiger partial charge on any atom is 0.374 e. The number of esters is 2. The van der Waals surface area contributed by atoms with E-state index in [1.807, 2.05) is 0 Å². The van der Waals surface area contributed by atoms with Gasteiger partial charge < -0.3 is 18.3 Å². The van der Waals surface area contributed by atoms with Crippen LogP contribution in [0.2, 0.25) is 0 Å². The molecule has 2 aromatic rings. The first kappa shape index (κ1) is 16.1. The first-order valence-electron chi connectivity index (χ1n) is 6.27. The van der Waals surface area contributed by atoms with E-state index in [-0.39, 0.29) is 12.4 Å². The first-order valence-corrected chi connectivity index (χ1v) is 7.06. The zero-order valence-corrected chi connectivity index (χ0v) is 13.5. The fourth-order valence-electron chi connectivity index (χ4n) is 1.67. The van der Waals surface area contributed by atoms with Crippen molar-refractivity contribution in [2.45, 2.75) is 13.5 Å². The molecule has 2 aromatic heterocycles. The normalized spacial score (nSPS) is 10.9. The zero-order chi connectivity index (χ0) is 16.1. The number of hydrogen-bond acceptors (Lipinski definition) is 6. The molecular weight excluding hydrogens is 356 g/mol. The van der Waals surface area contributed by atoms with Crippen LogP contribution in [0.3, 0.4) is 0 Å². The quantitative estimate of drug-likeness (QED) is 0.593. The maximum atomic E-state index is 11.6. The highest BCUT2D eigenvalue weighted by Gasteiger charge is 2.16. The van der Waals surface area contributed by atoms with Gasteiger partial charge in [0.15, 0.2) is 4.67 Å². The molecule has 6 nitrogen and oxygen atoms in total.